The second-order valence-electron chi connectivity index (χ2n) is 3.25. The SMILES string of the molecule is CC(F)(F)[C@@H](N)Cc1ccccc1. The number of halogens is 2. The molecular weight excluding hydrogens is 172 g/mol. The molecule has 1 aromatic rings. The minimum absolute atomic E-state index is 0.213. The molecule has 1 atom stereocenters. The molecule has 2 N–H and O–H groups in total. The van der Waals surface area contributed by atoms with Crippen molar-refractivity contribution in [1.82, 2.24) is 0 Å². The Kier molecular flexibility index (Phi) is 2.98. The molecular formula is C10H13F2N. The number of hydrogen-bond acceptors (Lipinski definition) is 1. The van der Waals surface area contributed by atoms with Crippen LogP contribution in [0.25, 0.3) is 0 Å². The van der Waals surface area contributed by atoms with Crippen molar-refractivity contribution in [2.45, 2.75) is 25.3 Å². The van der Waals surface area contributed by atoms with Crippen molar-refractivity contribution in [3.8, 4) is 0 Å². The van der Waals surface area contributed by atoms with Gasteiger partial charge in [-0.15, -0.1) is 0 Å². The standard InChI is InChI=1S/C10H13F2N/c1-10(11,12)9(13)7-8-5-3-2-4-6-8/h2-6,9H,7,13H2,1H3/t9-/m0/s1. The maximum Gasteiger partial charge on any atom is 0.260 e. The van der Waals surface area contributed by atoms with Gasteiger partial charge in [0.15, 0.2) is 0 Å². The highest BCUT2D eigenvalue weighted by molar-refractivity contribution is 5.16. The van der Waals surface area contributed by atoms with E-state index in [0.29, 0.717) is 0 Å². The Balaban J connectivity index is 2.61. The van der Waals surface area contributed by atoms with Crippen LogP contribution < -0.4 is 5.73 Å². The molecule has 13 heavy (non-hydrogen) atoms. The summed E-state index contributed by atoms with van der Waals surface area (Å²) in [7, 11) is 0. The third-order valence-electron chi connectivity index (χ3n) is 1.95. The number of nitrogens with two attached hydrogens (primary N) is 1. The molecule has 0 unspecified atom stereocenters. The van der Waals surface area contributed by atoms with E-state index in [1.54, 1.807) is 12.1 Å². The highest BCUT2D eigenvalue weighted by Crippen LogP contribution is 2.18. The Morgan fingerprint density at radius 2 is 1.85 bits per heavy atom. The van der Waals surface area contributed by atoms with Gasteiger partial charge in [0.2, 0.25) is 0 Å². The van der Waals surface area contributed by atoms with E-state index < -0.39 is 12.0 Å². The fraction of sp³-hybridized carbons (Fsp3) is 0.400. The Morgan fingerprint density at radius 3 is 2.31 bits per heavy atom. The van der Waals surface area contributed by atoms with E-state index >= 15 is 0 Å². The van der Waals surface area contributed by atoms with Gasteiger partial charge >= 0.3 is 0 Å². The van der Waals surface area contributed by atoms with Crippen LogP contribution in [0.2, 0.25) is 0 Å². The van der Waals surface area contributed by atoms with Gasteiger partial charge < -0.3 is 5.73 Å². The highest BCUT2D eigenvalue weighted by Gasteiger charge is 2.30. The maximum absolute atomic E-state index is 12.7. The van der Waals surface area contributed by atoms with E-state index in [4.69, 9.17) is 5.73 Å². The van der Waals surface area contributed by atoms with Gasteiger partial charge in [0.1, 0.15) is 0 Å². The third-order valence-corrected chi connectivity index (χ3v) is 1.95. The molecule has 1 rings (SSSR count). The molecule has 3 heteroatoms. The lowest BCUT2D eigenvalue weighted by molar-refractivity contribution is -0.00513. The van der Waals surface area contributed by atoms with E-state index in [9.17, 15) is 8.78 Å². The van der Waals surface area contributed by atoms with Crippen LogP contribution in [-0.2, 0) is 6.42 Å². The lowest BCUT2D eigenvalue weighted by Gasteiger charge is -2.18. The molecule has 0 saturated heterocycles. The van der Waals surface area contributed by atoms with E-state index in [2.05, 4.69) is 0 Å². The Labute approximate surface area is 76.6 Å². The average molecular weight is 185 g/mol. The third kappa shape index (κ3) is 3.11. The van der Waals surface area contributed by atoms with Gasteiger partial charge in [-0.3, -0.25) is 0 Å². The maximum atomic E-state index is 12.7. The molecule has 0 bridgehead atoms. The van der Waals surface area contributed by atoms with Crippen LogP contribution in [0.15, 0.2) is 30.3 Å². The fourth-order valence-corrected chi connectivity index (χ4v) is 1.05. The molecule has 0 saturated carbocycles. The summed E-state index contributed by atoms with van der Waals surface area (Å²) in [4.78, 5) is 0. The molecule has 0 spiro atoms. The van der Waals surface area contributed by atoms with E-state index in [1.807, 2.05) is 18.2 Å². The summed E-state index contributed by atoms with van der Waals surface area (Å²) in [5.74, 6) is -2.81. The van der Waals surface area contributed by atoms with Crippen molar-refractivity contribution in [2.24, 2.45) is 5.73 Å². The smallest absolute Gasteiger partial charge is 0.260 e. The van der Waals surface area contributed by atoms with Gasteiger partial charge in [-0.1, -0.05) is 30.3 Å². The topological polar surface area (TPSA) is 26.0 Å². The lowest BCUT2D eigenvalue weighted by atomic mass is 10.0. The predicted octanol–water partition coefficient (Wildman–Crippen LogP) is 2.21. The van der Waals surface area contributed by atoms with Crippen molar-refractivity contribution in [1.29, 1.82) is 0 Å². The van der Waals surface area contributed by atoms with Gasteiger partial charge in [-0.2, -0.15) is 0 Å². The minimum Gasteiger partial charge on any atom is -0.322 e. The summed E-state index contributed by atoms with van der Waals surface area (Å²) in [6.45, 7) is 0.848. The molecule has 72 valence electrons. The van der Waals surface area contributed by atoms with Gasteiger partial charge in [0.25, 0.3) is 5.92 Å². The molecule has 1 nitrogen and oxygen atoms in total. The van der Waals surface area contributed by atoms with Crippen LogP contribution in [0.1, 0.15) is 12.5 Å². The highest BCUT2D eigenvalue weighted by atomic mass is 19.3. The van der Waals surface area contributed by atoms with Crippen LogP contribution in [0.5, 0.6) is 0 Å². The minimum atomic E-state index is -2.81. The molecule has 0 amide bonds. The van der Waals surface area contributed by atoms with Gasteiger partial charge in [-0.25, -0.2) is 8.78 Å². The summed E-state index contributed by atoms with van der Waals surface area (Å²) >= 11 is 0. The molecule has 0 aliphatic carbocycles. The fourth-order valence-electron chi connectivity index (χ4n) is 1.05. The van der Waals surface area contributed by atoms with Crippen molar-refractivity contribution in [3.63, 3.8) is 0 Å². The first-order chi connectivity index (χ1) is 6.00. The first-order valence-electron chi connectivity index (χ1n) is 4.17. The lowest BCUT2D eigenvalue weighted by Crippen LogP contribution is -2.40. The molecule has 0 aliphatic heterocycles. The quantitative estimate of drug-likeness (QED) is 0.767. The van der Waals surface area contributed by atoms with Crippen LogP contribution in [0.3, 0.4) is 0 Å². The molecule has 1 aromatic carbocycles. The second-order valence-corrected chi connectivity index (χ2v) is 3.25. The van der Waals surface area contributed by atoms with Crippen LogP contribution in [0.4, 0.5) is 8.78 Å². The van der Waals surface area contributed by atoms with Gasteiger partial charge in [0.05, 0.1) is 6.04 Å². The largest absolute Gasteiger partial charge is 0.322 e. The summed E-state index contributed by atoms with van der Waals surface area (Å²) in [6, 6.07) is 7.97. The zero-order chi connectivity index (χ0) is 9.90. The van der Waals surface area contributed by atoms with Crippen molar-refractivity contribution >= 4 is 0 Å². The predicted molar refractivity (Wildman–Crippen MR) is 48.7 cm³/mol. The summed E-state index contributed by atoms with van der Waals surface area (Å²) in [5, 5.41) is 0. The second kappa shape index (κ2) is 3.83. The van der Waals surface area contributed by atoms with Gasteiger partial charge in [0, 0.05) is 6.92 Å². The average Bonchev–Trinajstić information content (AvgIpc) is 2.04. The number of benzene rings is 1. The zero-order valence-electron chi connectivity index (χ0n) is 7.50. The molecule has 0 aliphatic rings. The Morgan fingerprint density at radius 1 is 1.31 bits per heavy atom. The molecule has 0 aromatic heterocycles. The van der Waals surface area contributed by atoms with Crippen molar-refractivity contribution in [3.05, 3.63) is 35.9 Å². The summed E-state index contributed by atoms with van der Waals surface area (Å²) in [6.07, 6.45) is 0.213. The molecule has 0 fully saturated rings. The first kappa shape index (κ1) is 10.1. The van der Waals surface area contributed by atoms with E-state index in [1.165, 1.54) is 0 Å². The van der Waals surface area contributed by atoms with E-state index in [0.717, 1.165) is 12.5 Å². The molecule has 0 heterocycles. The number of hydrogen-bond donors (Lipinski definition) is 1. The van der Waals surface area contributed by atoms with Crippen LogP contribution >= 0.6 is 0 Å². The Hall–Kier alpha value is -0.960. The first-order valence-corrected chi connectivity index (χ1v) is 4.17. The van der Waals surface area contributed by atoms with Crippen molar-refractivity contribution in [2.75, 3.05) is 0 Å². The normalized spacial score (nSPS) is 14.2. The number of rotatable bonds is 3. The monoisotopic (exact) mass is 185 g/mol. The summed E-state index contributed by atoms with van der Waals surface area (Å²) < 4.78 is 25.4. The van der Waals surface area contributed by atoms with Crippen LogP contribution in [-0.4, -0.2) is 12.0 Å². The zero-order valence-corrected chi connectivity index (χ0v) is 7.50. The summed E-state index contributed by atoms with van der Waals surface area (Å²) in [5.41, 5.74) is 6.18. The molecule has 0 radical (unpaired) electrons. The van der Waals surface area contributed by atoms with Gasteiger partial charge in [-0.05, 0) is 12.0 Å². The van der Waals surface area contributed by atoms with Crippen molar-refractivity contribution < 1.29 is 8.78 Å². The van der Waals surface area contributed by atoms with E-state index in [-0.39, 0.29) is 6.42 Å². The Bertz CT molecular complexity index is 253. The number of alkyl halides is 2. The van der Waals surface area contributed by atoms with Crippen LogP contribution in [0, 0.1) is 0 Å².